The van der Waals surface area contributed by atoms with E-state index in [1.165, 1.54) is 11.1 Å². The standard InChI is InChI=1S/C18H20N2O2/c21-18(7-6-14-4-2-1-3-5-14)20-17-12-15(8-10-19-17)16-9-11-22-13-16/h1-5,8,10,12,16H,6-7,9,11,13H2,(H,19,20,21). The molecule has 1 aliphatic rings. The van der Waals surface area contributed by atoms with Crippen LogP contribution in [0.4, 0.5) is 5.82 Å². The number of carbonyl (C=O) groups excluding carboxylic acids is 1. The Morgan fingerprint density at radius 1 is 1.27 bits per heavy atom. The van der Waals surface area contributed by atoms with E-state index in [-0.39, 0.29) is 5.91 Å². The molecule has 0 aliphatic carbocycles. The average molecular weight is 296 g/mol. The summed E-state index contributed by atoms with van der Waals surface area (Å²) in [5.74, 6) is 1.04. The zero-order valence-electron chi connectivity index (χ0n) is 12.5. The Hall–Kier alpha value is -2.20. The van der Waals surface area contributed by atoms with Crippen LogP contribution in [0.3, 0.4) is 0 Å². The van der Waals surface area contributed by atoms with Gasteiger partial charge in [-0.25, -0.2) is 4.98 Å². The normalized spacial score (nSPS) is 17.4. The van der Waals surface area contributed by atoms with Gasteiger partial charge in [0, 0.05) is 25.1 Å². The summed E-state index contributed by atoms with van der Waals surface area (Å²) in [5.41, 5.74) is 2.35. The van der Waals surface area contributed by atoms with E-state index in [1.807, 2.05) is 42.5 Å². The van der Waals surface area contributed by atoms with Crippen molar-refractivity contribution >= 4 is 11.7 Å². The van der Waals surface area contributed by atoms with Crippen molar-refractivity contribution in [2.24, 2.45) is 0 Å². The van der Waals surface area contributed by atoms with Gasteiger partial charge in [0.15, 0.2) is 0 Å². The van der Waals surface area contributed by atoms with E-state index in [4.69, 9.17) is 4.74 Å². The molecule has 4 nitrogen and oxygen atoms in total. The van der Waals surface area contributed by atoms with Gasteiger partial charge in [-0.15, -0.1) is 0 Å². The molecule has 1 aliphatic heterocycles. The van der Waals surface area contributed by atoms with Gasteiger partial charge in [-0.2, -0.15) is 0 Å². The first-order chi connectivity index (χ1) is 10.8. The van der Waals surface area contributed by atoms with Crippen LogP contribution in [-0.4, -0.2) is 24.1 Å². The van der Waals surface area contributed by atoms with Gasteiger partial charge in [0.2, 0.25) is 5.91 Å². The van der Waals surface area contributed by atoms with Crippen molar-refractivity contribution < 1.29 is 9.53 Å². The van der Waals surface area contributed by atoms with E-state index in [2.05, 4.69) is 10.3 Å². The highest BCUT2D eigenvalue weighted by Gasteiger charge is 2.18. The summed E-state index contributed by atoms with van der Waals surface area (Å²) < 4.78 is 5.41. The number of amides is 1. The number of carbonyl (C=O) groups is 1. The number of pyridine rings is 1. The molecule has 2 heterocycles. The van der Waals surface area contributed by atoms with Crippen molar-refractivity contribution in [2.45, 2.75) is 25.2 Å². The number of nitrogens with zero attached hydrogens (tertiary/aromatic N) is 1. The molecule has 0 spiro atoms. The van der Waals surface area contributed by atoms with E-state index in [9.17, 15) is 4.79 Å². The molecule has 4 heteroatoms. The van der Waals surface area contributed by atoms with Gasteiger partial charge in [-0.1, -0.05) is 30.3 Å². The number of rotatable bonds is 5. The second-order valence-corrected chi connectivity index (χ2v) is 5.57. The quantitative estimate of drug-likeness (QED) is 0.922. The van der Waals surface area contributed by atoms with Gasteiger partial charge >= 0.3 is 0 Å². The molecule has 1 aromatic carbocycles. The van der Waals surface area contributed by atoms with Crippen LogP contribution < -0.4 is 5.32 Å². The van der Waals surface area contributed by atoms with Crippen LogP contribution >= 0.6 is 0 Å². The van der Waals surface area contributed by atoms with Crippen molar-refractivity contribution in [3.63, 3.8) is 0 Å². The fraction of sp³-hybridized carbons (Fsp3) is 0.333. The molecule has 2 aromatic rings. The lowest BCUT2D eigenvalue weighted by Crippen LogP contribution is -2.13. The molecular formula is C18H20N2O2. The van der Waals surface area contributed by atoms with Crippen molar-refractivity contribution in [1.82, 2.24) is 4.98 Å². The van der Waals surface area contributed by atoms with E-state index in [0.29, 0.717) is 18.2 Å². The van der Waals surface area contributed by atoms with Crippen LogP contribution in [-0.2, 0) is 16.0 Å². The van der Waals surface area contributed by atoms with Crippen LogP contribution in [0.2, 0.25) is 0 Å². The molecule has 1 unspecified atom stereocenters. The van der Waals surface area contributed by atoms with Crippen molar-refractivity contribution in [2.75, 3.05) is 18.5 Å². The summed E-state index contributed by atoms with van der Waals surface area (Å²) in [7, 11) is 0. The Bertz CT molecular complexity index is 622. The number of aromatic nitrogens is 1. The highest BCUT2D eigenvalue weighted by atomic mass is 16.5. The highest BCUT2D eigenvalue weighted by Crippen LogP contribution is 2.26. The van der Waals surface area contributed by atoms with E-state index >= 15 is 0 Å². The Morgan fingerprint density at radius 3 is 2.91 bits per heavy atom. The Balaban J connectivity index is 1.56. The van der Waals surface area contributed by atoms with Crippen LogP contribution in [0.25, 0.3) is 0 Å². The zero-order chi connectivity index (χ0) is 15.2. The summed E-state index contributed by atoms with van der Waals surface area (Å²) in [5, 5.41) is 2.89. The molecule has 1 fully saturated rings. The number of anilines is 1. The van der Waals surface area contributed by atoms with Gasteiger partial charge in [0.25, 0.3) is 0 Å². The van der Waals surface area contributed by atoms with E-state index in [0.717, 1.165) is 26.1 Å². The van der Waals surface area contributed by atoms with Crippen LogP contribution in [0.1, 0.15) is 29.9 Å². The number of aryl methyl sites for hydroxylation is 1. The minimum atomic E-state index is -0.00354. The Labute approximate surface area is 130 Å². The molecule has 1 N–H and O–H groups in total. The minimum absolute atomic E-state index is 0.00354. The third-order valence-electron chi connectivity index (χ3n) is 3.94. The van der Waals surface area contributed by atoms with Crippen LogP contribution in [0.5, 0.6) is 0 Å². The third kappa shape index (κ3) is 3.92. The predicted octanol–water partition coefficient (Wildman–Crippen LogP) is 3.16. The maximum Gasteiger partial charge on any atom is 0.225 e. The van der Waals surface area contributed by atoms with Crippen molar-refractivity contribution in [3.05, 3.63) is 59.8 Å². The Morgan fingerprint density at radius 2 is 2.14 bits per heavy atom. The molecule has 22 heavy (non-hydrogen) atoms. The first-order valence-electron chi connectivity index (χ1n) is 7.69. The van der Waals surface area contributed by atoms with Gasteiger partial charge < -0.3 is 10.1 Å². The molecule has 1 saturated heterocycles. The molecule has 0 saturated carbocycles. The van der Waals surface area contributed by atoms with Crippen molar-refractivity contribution in [3.8, 4) is 0 Å². The molecule has 1 atom stereocenters. The van der Waals surface area contributed by atoms with E-state index < -0.39 is 0 Å². The van der Waals surface area contributed by atoms with Crippen molar-refractivity contribution in [1.29, 1.82) is 0 Å². The topological polar surface area (TPSA) is 51.2 Å². The second-order valence-electron chi connectivity index (χ2n) is 5.57. The van der Waals surface area contributed by atoms with Crippen LogP contribution in [0.15, 0.2) is 48.7 Å². The first-order valence-corrected chi connectivity index (χ1v) is 7.69. The lowest BCUT2D eigenvalue weighted by Gasteiger charge is -2.10. The summed E-state index contributed by atoms with van der Waals surface area (Å²) >= 11 is 0. The van der Waals surface area contributed by atoms with Gasteiger partial charge in [-0.3, -0.25) is 4.79 Å². The molecule has 114 valence electrons. The summed E-state index contributed by atoms with van der Waals surface area (Å²) in [6.45, 7) is 1.57. The van der Waals surface area contributed by atoms with Gasteiger partial charge in [-0.05, 0) is 36.1 Å². The lowest BCUT2D eigenvalue weighted by atomic mass is 10.00. The van der Waals surface area contributed by atoms with Gasteiger partial charge in [0.05, 0.1) is 6.61 Å². The Kier molecular flexibility index (Phi) is 4.81. The van der Waals surface area contributed by atoms with E-state index in [1.54, 1.807) is 6.20 Å². The van der Waals surface area contributed by atoms with Gasteiger partial charge in [0.1, 0.15) is 5.82 Å². The fourth-order valence-electron chi connectivity index (χ4n) is 2.67. The largest absolute Gasteiger partial charge is 0.381 e. The molecular weight excluding hydrogens is 276 g/mol. The average Bonchev–Trinajstić information content (AvgIpc) is 3.09. The molecule has 0 radical (unpaired) electrons. The number of ether oxygens (including phenoxy) is 1. The SMILES string of the molecule is O=C(CCc1ccccc1)Nc1cc(C2CCOC2)ccn1. The number of nitrogens with one attached hydrogen (secondary N) is 1. The summed E-state index contributed by atoms with van der Waals surface area (Å²) in [4.78, 5) is 16.3. The number of benzene rings is 1. The van der Waals surface area contributed by atoms with Crippen LogP contribution in [0, 0.1) is 0 Å². The lowest BCUT2D eigenvalue weighted by molar-refractivity contribution is -0.116. The number of hydrogen-bond donors (Lipinski definition) is 1. The summed E-state index contributed by atoms with van der Waals surface area (Å²) in [6.07, 6.45) is 3.98. The molecule has 1 amide bonds. The number of hydrogen-bond acceptors (Lipinski definition) is 3. The predicted molar refractivity (Wildman–Crippen MR) is 85.8 cm³/mol. The molecule has 3 rings (SSSR count). The molecule has 0 bridgehead atoms. The highest BCUT2D eigenvalue weighted by molar-refractivity contribution is 5.89. The third-order valence-corrected chi connectivity index (χ3v) is 3.94. The summed E-state index contributed by atoms with van der Waals surface area (Å²) in [6, 6.07) is 14.0. The first kappa shape index (κ1) is 14.7. The zero-order valence-corrected chi connectivity index (χ0v) is 12.5. The fourth-order valence-corrected chi connectivity index (χ4v) is 2.67. The monoisotopic (exact) mass is 296 g/mol. The maximum atomic E-state index is 12.0. The maximum absolute atomic E-state index is 12.0. The minimum Gasteiger partial charge on any atom is -0.381 e. The smallest absolute Gasteiger partial charge is 0.225 e. The second kappa shape index (κ2) is 7.18. The molecule has 1 aromatic heterocycles.